The first kappa shape index (κ1) is 28.6. The fraction of sp³-hybridized carbons (Fsp3) is 1.00. The molecular formula is C14H31NaO6S2. The van der Waals surface area contributed by atoms with Gasteiger partial charge in [-0.3, -0.25) is 4.55 Å². The smallest absolute Gasteiger partial charge is 0.748 e. The van der Waals surface area contributed by atoms with Crippen LogP contribution in [0.3, 0.4) is 0 Å². The van der Waals surface area contributed by atoms with E-state index in [0.29, 0.717) is 12.8 Å². The molecule has 0 radical (unpaired) electrons. The van der Waals surface area contributed by atoms with Crippen LogP contribution in [0.2, 0.25) is 0 Å². The van der Waals surface area contributed by atoms with Gasteiger partial charge in [-0.15, -0.1) is 0 Å². The van der Waals surface area contributed by atoms with Gasteiger partial charge in [-0.2, -0.15) is 8.42 Å². The Bertz CT molecular complexity index is 392. The molecule has 0 aromatic rings. The van der Waals surface area contributed by atoms with Crippen LogP contribution in [0.15, 0.2) is 0 Å². The molecule has 0 spiro atoms. The summed E-state index contributed by atoms with van der Waals surface area (Å²) in [7, 11) is -7.67. The van der Waals surface area contributed by atoms with Gasteiger partial charge in [0.2, 0.25) is 0 Å². The molecule has 1 N–H and O–H groups in total. The van der Waals surface area contributed by atoms with E-state index in [2.05, 4.69) is 13.8 Å². The van der Waals surface area contributed by atoms with Crippen molar-refractivity contribution in [2.45, 2.75) is 78.1 Å². The topological polar surface area (TPSA) is 112 Å². The van der Waals surface area contributed by atoms with E-state index in [9.17, 15) is 21.4 Å². The van der Waals surface area contributed by atoms with Gasteiger partial charge in [0.25, 0.3) is 10.1 Å². The van der Waals surface area contributed by atoms with Crippen molar-refractivity contribution in [2.24, 2.45) is 0 Å². The van der Waals surface area contributed by atoms with E-state index < -0.39 is 20.2 Å². The second kappa shape index (κ2) is 17.6. The van der Waals surface area contributed by atoms with Crippen LogP contribution < -0.4 is 29.6 Å². The first-order chi connectivity index (χ1) is 10.1. The quantitative estimate of drug-likeness (QED) is 0.296. The van der Waals surface area contributed by atoms with Crippen LogP contribution in [-0.2, 0) is 20.2 Å². The van der Waals surface area contributed by atoms with Crippen molar-refractivity contribution in [3.05, 3.63) is 0 Å². The minimum atomic E-state index is -3.96. The average Bonchev–Trinajstić information content (AvgIpc) is 2.36. The van der Waals surface area contributed by atoms with Gasteiger partial charge in [0, 0.05) is 5.75 Å². The molecule has 23 heavy (non-hydrogen) atoms. The summed E-state index contributed by atoms with van der Waals surface area (Å²) in [5.41, 5.74) is 0. The molecule has 0 saturated carbocycles. The van der Waals surface area contributed by atoms with Gasteiger partial charge < -0.3 is 4.55 Å². The van der Waals surface area contributed by atoms with E-state index in [1.807, 2.05) is 0 Å². The van der Waals surface area contributed by atoms with Crippen molar-refractivity contribution in [3.63, 3.8) is 0 Å². The summed E-state index contributed by atoms with van der Waals surface area (Å²) >= 11 is 0. The Morgan fingerprint density at radius 2 is 1.04 bits per heavy atom. The molecule has 0 aliphatic rings. The third kappa shape index (κ3) is 35.0. The van der Waals surface area contributed by atoms with Crippen molar-refractivity contribution in [2.75, 3.05) is 11.5 Å². The van der Waals surface area contributed by atoms with Crippen LogP contribution in [0.25, 0.3) is 0 Å². The Morgan fingerprint density at radius 3 is 1.35 bits per heavy atom. The Labute approximate surface area is 164 Å². The summed E-state index contributed by atoms with van der Waals surface area (Å²) in [4.78, 5) is 0. The molecule has 0 aliphatic carbocycles. The Balaban J connectivity index is -0.000000333. The molecule has 0 aromatic carbocycles. The fourth-order valence-corrected chi connectivity index (χ4v) is 2.90. The van der Waals surface area contributed by atoms with Crippen LogP contribution in [0.4, 0.5) is 0 Å². The fourth-order valence-electron chi connectivity index (χ4n) is 1.77. The van der Waals surface area contributed by atoms with Crippen LogP contribution >= 0.6 is 0 Å². The van der Waals surface area contributed by atoms with Crippen LogP contribution in [-0.4, -0.2) is 37.4 Å². The minimum absolute atomic E-state index is 0. The van der Waals surface area contributed by atoms with E-state index in [1.54, 1.807) is 0 Å². The van der Waals surface area contributed by atoms with Crippen molar-refractivity contribution in [1.29, 1.82) is 0 Å². The van der Waals surface area contributed by atoms with Gasteiger partial charge in [0.05, 0.1) is 15.9 Å². The van der Waals surface area contributed by atoms with E-state index >= 15 is 0 Å². The normalized spacial score (nSPS) is 11.3. The molecule has 6 nitrogen and oxygen atoms in total. The van der Waals surface area contributed by atoms with E-state index in [-0.39, 0.29) is 41.1 Å². The van der Waals surface area contributed by atoms with E-state index in [1.165, 1.54) is 0 Å². The molecule has 136 valence electrons. The van der Waals surface area contributed by atoms with Gasteiger partial charge in [-0.05, 0) is 12.8 Å². The standard InChI is InChI=1S/2C7H16O3S.Na/c2*1-2-3-4-5-6-7-11(8,9)10;/h2*2-7H2,1H3,(H,8,9,10);/q;;+1/p-1. The van der Waals surface area contributed by atoms with Gasteiger partial charge in [0.15, 0.2) is 0 Å². The maximum absolute atomic E-state index is 10.2. The maximum Gasteiger partial charge on any atom is 1.00 e. The minimum Gasteiger partial charge on any atom is -0.748 e. The van der Waals surface area contributed by atoms with Crippen molar-refractivity contribution >= 4 is 20.2 Å². The summed E-state index contributed by atoms with van der Waals surface area (Å²) in [6, 6.07) is 0. The molecule has 9 heteroatoms. The summed E-state index contributed by atoms with van der Waals surface area (Å²) in [5.74, 6) is -0.284. The monoisotopic (exact) mass is 382 g/mol. The molecule has 0 aliphatic heterocycles. The molecule has 0 fully saturated rings. The SMILES string of the molecule is CCCCCCCS(=O)(=O)O.CCCCCCCS(=O)(=O)[O-].[Na+]. The molecule has 0 saturated heterocycles. The summed E-state index contributed by atoms with van der Waals surface area (Å²) in [5, 5.41) is 0. The number of rotatable bonds is 12. The van der Waals surface area contributed by atoms with E-state index in [4.69, 9.17) is 4.55 Å². The second-order valence-corrected chi connectivity index (χ2v) is 8.47. The predicted octanol–water partition coefficient (Wildman–Crippen LogP) is 0.351. The van der Waals surface area contributed by atoms with Gasteiger partial charge in [-0.25, -0.2) is 8.42 Å². The first-order valence-corrected chi connectivity index (χ1v) is 11.2. The zero-order valence-electron chi connectivity index (χ0n) is 14.8. The van der Waals surface area contributed by atoms with Crippen molar-refractivity contribution in [1.82, 2.24) is 0 Å². The van der Waals surface area contributed by atoms with Gasteiger partial charge >= 0.3 is 29.6 Å². The molecule has 0 rings (SSSR count). The molecule has 0 heterocycles. The Morgan fingerprint density at radius 1 is 0.696 bits per heavy atom. The third-order valence-electron chi connectivity index (χ3n) is 3.00. The largest absolute Gasteiger partial charge is 1.00 e. The van der Waals surface area contributed by atoms with Gasteiger partial charge in [0.1, 0.15) is 0 Å². The first-order valence-electron chi connectivity index (χ1n) is 8.01. The zero-order chi connectivity index (χ0) is 17.5. The molecule has 0 atom stereocenters. The molecule has 0 amide bonds. The van der Waals surface area contributed by atoms with Crippen LogP contribution in [0.1, 0.15) is 78.1 Å². The number of hydrogen-bond donors (Lipinski definition) is 1. The third-order valence-corrected chi connectivity index (χ3v) is 4.60. The maximum atomic E-state index is 10.2. The predicted molar refractivity (Wildman–Crippen MR) is 88.5 cm³/mol. The van der Waals surface area contributed by atoms with Crippen molar-refractivity contribution in [3.8, 4) is 0 Å². The average molecular weight is 383 g/mol. The Hall–Kier alpha value is 0.820. The number of hydrogen-bond acceptors (Lipinski definition) is 5. The zero-order valence-corrected chi connectivity index (χ0v) is 18.4. The van der Waals surface area contributed by atoms with Gasteiger partial charge in [-0.1, -0.05) is 65.2 Å². The van der Waals surface area contributed by atoms with E-state index in [0.717, 1.165) is 51.4 Å². The molecular weight excluding hydrogens is 351 g/mol. The Kier molecular flexibility index (Phi) is 21.9. The number of unbranched alkanes of at least 4 members (excludes halogenated alkanes) is 8. The summed E-state index contributed by atoms with van der Waals surface area (Å²) in [6.07, 6.45) is 9.49. The van der Waals surface area contributed by atoms with Crippen LogP contribution in [0.5, 0.6) is 0 Å². The van der Waals surface area contributed by atoms with Crippen molar-refractivity contribution < 1.29 is 55.5 Å². The second-order valence-electron chi connectivity index (χ2n) is 5.38. The molecule has 0 aromatic heterocycles. The van der Waals surface area contributed by atoms with Crippen LogP contribution in [0, 0.1) is 0 Å². The molecule has 0 bridgehead atoms. The summed E-state index contributed by atoms with van der Waals surface area (Å²) < 4.78 is 59.1. The summed E-state index contributed by atoms with van der Waals surface area (Å²) in [6.45, 7) is 4.19. The molecule has 0 unspecified atom stereocenters.